The molecule has 0 bridgehead atoms. The Balaban J connectivity index is 0.00000225. The number of benzene rings is 2. The Bertz CT molecular complexity index is 855. The molecule has 0 aliphatic rings. The molecule has 1 atom stereocenters. The van der Waals surface area contributed by atoms with Crippen molar-refractivity contribution in [3.05, 3.63) is 65.9 Å². The monoisotopic (exact) mass is 357 g/mol. The van der Waals surface area contributed by atoms with Crippen LogP contribution in [0.15, 0.2) is 54.7 Å². The van der Waals surface area contributed by atoms with Crippen LogP contribution in [0.3, 0.4) is 0 Å². The second-order valence-electron chi connectivity index (χ2n) is 6.16. The van der Waals surface area contributed by atoms with Gasteiger partial charge in [0.05, 0.1) is 5.52 Å². The third-order valence-electron chi connectivity index (χ3n) is 4.22. The van der Waals surface area contributed by atoms with Gasteiger partial charge >= 0.3 is 0 Å². The molecule has 25 heavy (non-hydrogen) atoms. The number of nitrogens with two attached hydrogens (primary N) is 1. The first-order valence-corrected chi connectivity index (χ1v) is 8.30. The zero-order chi connectivity index (χ0) is 17.1. The van der Waals surface area contributed by atoms with Crippen molar-refractivity contribution in [2.45, 2.75) is 32.9 Å². The fourth-order valence-corrected chi connectivity index (χ4v) is 2.84. The zero-order valence-electron chi connectivity index (χ0n) is 14.5. The highest BCUT2D eigenvalue weighted by Gasteiger charge is 2.16. The molecule has 3 rings (SSSR count). The van der Waals surface area contributed by atoms with Crippen molar-refractivity contribution >= 4 is 34.9 Å². The molecule has 0 saturated carbocycles. The smallest absolute Gasteiger partial charge is 0.245 e. The summed E-state index contributed by atoms with van der Waals surface area (Å²) in [6.45, 7) is 5.12. The number of halogens is 1. The molecule has 1 amide bonds. The average molecular weight is 358 g/mol. The van der Waals surface area contributed by atoms with Crippen molar-refractivity contribution in [3.63, 3.8) is 0 Å². The number of aryl methyl sites for hydroxylation is 2. The van der Waals surface area contributed by atoms with Crippen LogP contribution in [-0.4, -0.2) is 10.5 Å². The summed E-state index contributed by atoms with van der Waals surface area (Å²) in [7, 11) is 0. The van der Waals surface area contributed by atoms with Crippen molar-refractivity contribution in [2.75, 3.05) is 5.32 Å². The van der Waals surface area contributed by atoms with Gasteiger partial charge in [-0.3, -0.25) is 4.79 Å². The van der Waals surface area contributed by atoms with Gasteiger partial charge in [-0.15, -0.1) is 12.4 Å². The molecule has 0 aliphatic heterocycles. The van der Waals surface area contributed by atoms with Gasteiger partial charge in [-0.25, -0.2) is 0 Å². The molecule has 2 aromatic carbocycles. The topological polar surface area (TPSA) is 60.0 Å². The lowest BCUT2D eigenvalue weighted by atomic mass is 10.1. The summed E-state index contributed by atoms with van der Waals surface area (Å²) in [5.74, 6) is -0.202. The Labute approximate surface area is 154 Å². The SMILES string of the molecule is CCCn1ccc2ccc(NC(=O)C(N)c3ccc(C)cc3)cc21.Cl. The number of anilines is 1. The number of aromatic nitrogens is 1. The van der Waals surface area contributed by atoms with E-state index >= 15 is 0 Å². The van der Waals surface area contributed by atoms with E-state index in [1.165, 1.54) is 5.39 Å². The predicted octanol–water partition coefficient (Wildman–Crippen LogP) is 4.42. The van der Waals surface area contributed by atoms with E-state index < -0.39 is 6.04 Å². The van der Waals surface area contributed by atoms with Gasteiger partial charge in [0.25, 0.3) is 0 Å². The predicted molar refractivity (Wildman–Crippen MR) is 106 cm³/mol. The minimum Gasteiger partial charge on any atom is -0.347 e. The second kappa shape index (κ2) is 8.19. The number of hydrogen-bond acceptors (Lipinski definition) is 2. The number of nitrogens with one attached hydrogen (secondary N) is 1. The maximum Gasteiger partial charge on any atom is 0.245 e. The second-order valence-corrected chi connectivity index (χ2v) is 6.16. The summed E-state index contributed by atoms with van der Waals surface area (Å²) in [6.07, 6.45) is 3.15. The number of fused-ring (bicyclic) bond motifs is 1. The lowest BCUT2D eigenvalue weighted by Crippen LogP contribution is -2.27. The Kier molecular flexibility index (Phi) is 6.23. The molecule has 1 heterocycles. The lowest BCUT2D eigenvalue weighted by Gasteiger charge is -2.13. The number of hydrogen-bond donors (Lipinski definition) is 2. The molecule has 5 heteroatoms. The van der Waals surface area contributed by atoms with Gasteiger partial charge < -0.3 is 15.6 Å². The maximum absolute atomic E-state index is 12.4. The molecule has 0 spiro atoms. The quantitative estimate of drug-likeness (QED) is 0.710. The summed E-state index contributed by atoms with van der Waals surface area (Å²) in [4.78, 5) is 12.4. The van der Waals surface area contributed by atoms with Crippen molar-refractivity contribution in [1.82, 2.24) is 4.57 Å². The van der Waals surface area contributed by atoms with Crippen LogP contribution in [0.2, 0.25) is 0 Å². The highest BCUT2D eigenvalue weighted by Crippen LogP contribution is 2.22. The van der Waals surface area contributed by atoms with E-state index in [-0.39, 0.29) is 18.3 Å². The van der Waals surface area contributed by atoms with Crippen LogP contribution >= 0.6 is 12.4 Å². The van der Waals surface area contributed by atoms with Crippen LogP contribution < -0.4 is 11.1 Å². The molecule has 0 saturated heterocycles. The Morgan fingerprint density at radius 2 is 1.88 bits per heavy atom. The molecule has 3 N–H and O–H groups in total. The van der Waals surface area contributed by atoms with E-state index in [2.05, 4.69) is 29.1 Å². The van der Waals surface area contributed by atoms with E-state index in [1.807, 2.05) is 49.4 Å². The largest absolute Gasteiger partial charge is 0.347 e. The molecule has 0 fully saturated rings. The first-order valence-electron chi connectivity index (χ1n) is 8.30. The lowest BCUT2D eigenvalue weighted by molar-refractivity contribution is -0.117. The normalized spacial score (nSPS) is 11.8. The Morgan fingerprint density at radius 1 is 1.16 bits per heavy atom. The fourth-order valence-electron chi connectivity index (χ4n) is 2.84. The number of amides is 1. The fraction of sp³-hybridized carbons (Fsp3) is 0.250. The molecule has 1 aromatic heterocycles. The molecule has 4 nitrogen and oxygen atoms in total. The number of carbonyl (C=O) groups is 1. The van der Waals surface area contributed by atoms with Gasteiger partial charge in [-0.1, -0.05) is 42.8 Å². The summed E-state index contributed by atoms with van der Waals surface area (Å²) in [6, 6.07) is 15.1. The average Bonchev–Trinajstić information content (AvgIpc) is 2.98. The van der Waals surface area contributed by atoms with Crippen LogP contribution in [0, 0.1) is 6.92 Å². The van der Waals surface area contributed by atoms with Gasteiger partial charge in [-0.2, -0.15) is 0 Å². The van der Waals surface area contributed by atoms with Crippen molar-refractivity contribution < 1.29 is 4.79 Å². The molecule has 0 aliphatic carbocycles. The van der Waals surface area contributed by atoms with Gasteiger partial charge in [-0.05, 0) is 42.5 Å². The molecule has 3 aromatic rings. The van der Waals surface area contributed by atoms with Crippen LogP contribution in [0.4, 0.5) is 5.69 Å². The Morgan fingerprint density at radius 3 is 2.56 bits per heavy atom. The molecular weight excluding hydrogens is 334 g/mol. The summed E-state index contributed by atoms with van der Waals surface area (Å²) in [5.41, 5.74) is 9.94. The highest BCUT2D eigenvalue weighted by atomic mass is 35.5. The number of nitrogens with zero attached hydrogens (tertiary/aromatic N) is 1. The maximum atomic E-state index is 12.4. The standard InChI is InChI=1S/C20H23N3O.ClH/c1-3-11-23-12-10-15-8-9-17(13-18(15)23)22-20(24)19(21)16-6-4-14(2)5-7-16;/h4-10,12-13,19H,3,11,21H2,1-2H3,(H,22,24);1H. The van der Waals surface area contributed by atoms with Gasteiger partial charge in [0.2, 0.25) is 5.91 Å². The first-order chi connectivity index (χ1) is 11.6. The van der Waals surface area contributed by atoms with Gasteiger partial charge in [0.1, 0.15) is 6.04 Å². The highest BCUT2D eigenvalue weighted by molar-refractivity contribution is 5.97. The van der Waals surface area contributed by atoms with E-state index in [9.17, 15) is 4.79 Å². The van der Waals surface area contributed by atoms with E-state index in [4.69, 9.17) is 5.73 Å². The van der Waals surface area contributed by atoms with Gasteiger partial charge in [0.15, 0.2) is 0 Å². The van der Waals surface area contributed by atoms with Crippen molar-refractivity contribution in [2.24, 2.45) is 5.73 Å². The van der Waals surface area contributed by atoms with E-state index in [0.717, 1.165) is 35.3 Å². The molecule has 1 unspecified atom stereocenters. The molecule has 132 valence electrons. The van der Waals surface area contributed by atoms with E-state index in [0.29, 0.717) is 0 Å². The van der Waals surface area contributed by atoms with E-state index in [1.54, 1.807) is 0 Å². The first kappa shape index (κ1) is 19.0. The third kappa shape index (κ3) is 4.21. The van der Waals surface area contributed by atoms with Gasteiger partial charge in [0, 0.05) is 18.4 Å². The minimum absolute atomic E-state index is 0. The Hall–Kier alpha value is -2.30. The van der Waals surface area contributed by atoms with Crippen LogP contribution in [0.25, 0.3) is 10.9 Å². The molecular formula is C20H24ClN3O. The van der Waals surface area contributed by atoms with Crippen molar-refractivity contribution in [1.29, 1.82) is 0 Å². The van der Waals surface area contributed by atoms with Crippen LogP contribution in [0.1, 0.15) is 30.5 Å². The van der Waals surface area contributed by atoms with Crippen LogP contribution in [-0.2, 0) is 11.3 Å². The summed E-state index contributed by atoms with van der Waals surface area (Å²) < 4.78 is 2.20. The summed E-state index contributed by atoms with van der Waals surface area (Å²) >= 11 is 0. The molecule has 0 radical (unpaired) electrons. The number of rotatable bonds is 5. The zero-order valence-corrected chi connectivity index (χ0v) is 15.3. The minimum atomic E-state index is -0.677. The summed E-state index contributed by atoms with van der Waals surface area (Å²) in [5, 5.41) is 4.10. The third-order valence-corrected chi connectivity index (χ3v) is 4.22. The van der Waals surface area contributed by atoms with Crippen molar-refractivity contribution in [3.8, 4) is 0 Å². The number of carbonyl (C=O) groups excluding carboxylic acids is 1. The van der Waals surface area contributed by atoms with Crippen LogP contribution in [0.5, 0.6) is 0 Å².